The summed E-state index contributed by atoms with van der Waals surface area (Å²) in [6, 6.07) is 13.7. The zero-order chi connectivity index (χ0) is 19.1. The smallest absolute Gasteiger partial charge is 0.331 e. The number of amides is 2. The highest BCUT2D eigenvalue weighted by atomic mass is 16.5. The van der Waals surface area contributed by atoms with E-state index in [4.69, 9.17) is 10.5 Å². The molecule has 3 N–H and O–H groups in total. The molecule has 2 rings (SSSR count). The standard InChI is InChI=1S/C20H20N2O4/c1-13-3-5-15(6-4-13)7-12-18(23)26-14(2)20(25)22-17-10-8-16(9-11-17)19(21)24/h3-12,14H,1-2H3,(H2,21,24)(H,22,25)/b12-7+/t14-/m1/s1. The third-order valence-corrected chi connectivity index (χ3v) is 3.59. The third-order valence-electron chi connectivity index (χ3n) is 3.59. The molecule has 0 heterocycles. The number of hydrogen-bond acceptors (Lipinski definition) is 4. The average Bonchev–Trinajstić information content (AvgIpc) is 2.61. The SMILES string of the molecule is Cc1ccc(/C=C/C(=O)O[C@H](C)C(=O)Nc2ccc(C(N)=O)cc2)cc1. The van der Waals surface area contributed by atoms with E-state index >= 15 is 0 Å². The minimum absolute atomic E-state index is 0.337. The fraction of sp³-hybridized carbons (Fsp3) is 0.150. The number of benzene rings is 2. The minimum atomic E-state index is -0.971. The average molecular weight is 352 g/mol. The molecule has 0 unspecified atom stereocenters. The van der Waals surface area contributed by atoms with Crippen molar-refractivity contribution in [1.29, 1.82) is 0 Å². The summed E-state index contributed by atoms with van der Waals surface area (Å²) in [7, 11) is 0. The van der Waals surface area contributed by atoms with Crippen LogP contribution in [0.3, 0.4) is 0 Å². The normalized spacial score (nSPS) is 11.8. The summed E-state index contributed by atoms with van der Waals surface area (Å²) < 4.78 is 5.08. The molecular formula is C20H20N2O4. The molecule has 0 bridgehead atoms. The van der Waals surface area contributed by atoms with E-state index in [-0.39, 0.29) is 0 Å². The van der Waals surface area contributed by atoms with E-state index in [0.717, 1.165) is 11.1 Å². The van der Waals surface area contributed by atoms with Gasteiger partial charge in [-0.05, 0) is 49.8 Å². The lowest BCUT2D eigenvalue weighted by Gasteiger charge is -2.12. The Kier molecular flexibility index (Phi) is 6.27. The number of carbonyl (C=O) groups is 3. The van der Waals surface area contributed by atoms with Gasteiger partial charge in [0.2, 0.25) is 5.91 Å². The van der Waals surface area contributed by atoms with Gasteiger partial charge in [-0.25, -0.2) is 4.79 Å². The summed E-state index contributed by atoms with van der Waals surface area (Å²) in [6.07, 6.45) is 1.92. The number of ether oxygens (including phenoxy) is 1. The Morgan fingerprint density at radius 2 is 1.65 bits per heavy atom. The predicted molar refractivity (Wildman–Crippen MR) is 99.4 cm³/mol. The van der Waals surface area contributed by atoms with Crippen molar-refractivity contribution in [2.75, 3.05) is 5.32 Å². The Morgan fingerprint density at radius 1 is 1.04 bits per heavy atom. The van der Waals surface area contributed by atoms with Gasteiger partial charge in [0.15, 0.2) is 6.10 Å². The van der Waals surface area contributed by atoms with Crippen molar-refractivity contribution < 1.29 is 19.1 Å². The molecule has 6 nitrogen and oxygen atoms in total. The molecule has 26 heavy (non-hydrogen) atoms. The maximum absolute atomic E-state index is 12.1. The molecule has 2 aromatic carbocycles. The lowest BCUT2D eigenvalue weighted by Crippen LogP contribution is -2.29. The first-order valence-corrected chi connectivity index (χ1v) is 8.01. The number of nitrogens with two attached hydrogens (primary N) is 1. The number of hydrogen-bond donors (Lipinski definition) is 2. The van der Waals surface area contributed by atoms with Gasteiger partial charge in [-0.2, -0.15) is 0 Å². The van der Waals surface area contributed by atoms with Crippen molar-refractivity contribution in [3.8, 4) is 0 Å². The van der Waals surface area contributed by atoms with Crippen LogP contribution < -0.4 is 11.1 Å². The van der Waals surface area contributed by atoms with Gasteiger partial charge in [0.05, 0.1) is 0 Å². The second kappa shape index (κ2) is 8.62. The Morgan fingerprint density at radius 3 is 2.23 bits per heavy atom. The van der Waals surface area contributed by atoms with Crippen LogP contribution in [0, 0.1) is 6.92 Å². The van der Waals surface area contributed by atoms with E-state index in [1.54, 1.807) is 18.2 Å². The van der Waals surface area contributed by atoms with E-state index in [2.05, 4.69) is 5.32 Å². The molecule has 2 amide bonds. The molecule has 2 aromatic rings. The van der Waals surface area contributed by atoms with Gasteiger partial charge >= 0.3 is 5.97 Å². The Bertz CT molecular complexity index is 824. The largest absolute Gasteiger partial charge is 0.449 e. The summed E-state index contributed by atoms with van der Waals surface area (Å²) in [5.74, 6) is -1.64. The number of esters is 1. The monoisotopic (exact) mass is 352 g/mol. The van der Waals surface area contributed by atoms with E-state index in [1.165, 1.54) is 25.1 Å². The van der Waals surface area contributed by atoms with E-state index in [0.29, 0.717) is 11.3 Å². The van der Waals surface area contributed by atoms with Crippen molar-refractivity contribution in [2.45, 2.75) is 20.0 Å². The van der Waals surface area contributed by atoms with Gasteiger partial charge < -0.3 is 15.8 Å². The molecule has 0 radical (unpaired) electrons. The van der Waals surface area contributed by atoms with Gasteiger partial charge in [-0.15, -0.1) is 0 Å². The number of carbonyl (C=O) groups excluding carboxylic acids is 3. The Hall–Kier alpha value is -3.41. The maximum Gasteiger partial charge on any atom is 0.331 e. The van der Waals surface area contributed by atoms with Crippen LogP contribution in [0.15, 0.2) is 54.6 Å². The highest BCUT2D eigenvalue weighted by Gasteiger charge is 2.16. The van der Waals surface area contributed by atoms with Crippen LogP contribution >= 0.6 is 0 Å². The van der Waals surface area contributed by atoms with Crippen LogP contribution in [0.5, 0.6) is 0 Å². The first-order chi connectivity index (χ1) is 12.3. The number of aryl methyl sites for hydroxylation is 1. The summed E-state index contributed by atoms with van der Waals surface area (Å²) >= 11 is 0. The molecular weight excluding hydrogens is 332 g/mol. The molecule has 0 saturated carbocycles. The maximum atomic E-state index is 12.1. The molecule has 0 aliphatic heterocycles. The van der Waals surface area contributed by atoms with Crippen LogP contribution in [0.25, 0.3) is 6.08 Å². The van der Waals surface area contributed by atoms with Crippen LogP contribution in [0.1, 0.15) is 28.4 Å². The molecule has 134 valence electrons. The molecule has 0 saturated heterocycles. The summed E-state index contributed by atoms with van der Waals surface area (Å²) in [4.78, 5) is 34.9. The first kappa shape index (κ1) is 18.9. The third kappa shape index (κ3) is 5.59. The van der Waals surface area contributed by atoms with Gasteiger partial charge in [0, 0.05) is 17.3 Å². The topological polar surface area (TPSA) is 98.5 Å². The molecule has 0 aliphatic carbocycles. The van der Waals surface area contributed by atoms with Crippen LogP contribution in [-0.4, -0.2) is 23.9 Å². The van der Waals surface area contributed by atoms with E-state index in [1.807, 2.05) is 31.2 Å². The van der Waals surface area contributed by atoms with Crippen LogP contribution in [-0.2, 0) is 14.3 Å². The quantitative estimate of drug-likeness (QED) is 0.617. The second-order valence-electron chi connectivity index (χ2n) is 5.75. The van der Waals surface area contributed by atoms with Crippen molar-refractivity contribution in [3.63, 3.8) is 0 Å². The fourth-order valence-corrected chi connectivity index (χ4v) is 2.07. The number of nitrogens with one attached hydrogen (secondary N) is 1. The van der Waals surface area contributed by atoms with E-state index < -0.39 is 23.9 Å². The lowest BCUT2D eigenvalue weighted by atomic mass is 10.1. The van der Waals surface area contributed by atoms with Crippen molar-refractivity contribution >= 4 is 29.5 Å². The van der Waals surface area contributed by atoms with Gasteiger partial charge in [0.1, 0.15) is 0 Å². The zero-order valence-corrected chi connectivity index (χ0v) is 14.6. The van der Waals surface area contributed by atoms with Crippen molar-refractivity contribution in [3.05, 3.63) is 71.3 Å². The number of rotatable bonds is 6. The molecule has 0 aliphatic rings. The van der Waals surface area contributed by atoms with E-state index in [9.17, 15) is 14.4 Å². The zero-order valence-electron chi connectivity index (χ0n) is 14.6. The highest BCUT2D eigenvalue weighted by molar-refractivity contribution is 5.97. The highest BCUT2D eigenvalue weighted by Crippen LogP contribution is 2.10. The Balaban J connectivity index is 1.88. The molecule has 0 fully saturated rings. The van der Waals surface area contributed by atoms with Crippen LogP contribution in [0.4, 0.5) is 5.69 Å². The van der Waals surface area contributed by atoms with Gasteiger partial charge in [-0.3, -0.25) is 9.59 Å². The summed E-state index contributed by atoms with van der Waals surface area (Å²) in [6.45, 7) is 3.45. The fourth-order valence-electron chi connectivity index (χ4n) is 2.07. The molecule has 1 atom stereocenters. The first-order valence-electron chi connectivity index (χ1n) is 8.01. The second-order valence-corrected chi connectivity index (χ2v) is 5.75. The summed E-state index contributed by atoms with van der Waals surface area (Å²) in [5.41, 5.74) is 7.95. The van der Waals surface area contributed by atoms with Gasteiger partial charge in [0.25, 0.3) is 5.91 Å². The molecule has 0 aromatic heterocycles. The Labute approximate surface area is 151 Å². The molecule has 6 heteroatoms. The predicted octanol–water partition coefficient (Wildman–Crippen LogP) is 2.68. The van der Waals surface area contributed by atoms with Crippen molar-refractivity contribution in [1.82, 2.24) is 0 Å². The molecule has 0 spiro atoms. The number of anilines is 1. The van der Waals surface area contributed by atoms with Crippen LogP contribution in [0.2, 0.25) is 0 Å². The van der Waals surface area contributed by atoms with Gasteiger partial charge in [-0.1, -0.05) is 29.8 Å². The lowest BCUT2D eigenvalue weighted by molar-refractivity contribution is -0.148. The summed E-state index contributed by atoms with van der Waals surface area (Å²) in [5, 5.41) is 2.60. The van der Waals surface area contributed by atoms with Crippen molar-refractivity contribution in [2.24, 2.45) is 5.73 Å². The number of primary amides is 1. The minimum Gasteiger partial charge on any atom is -0.449 e.